The van der Waals surface area contributed by atoms with Crippen LogP contribution in [0.15, 0.2) is 53.4 Å². The summed E-state index contributed by atoms with van der Waals surface area (Å²) in [6.07, 6.45) is 0. The van der Waals surface area contributed by atoms with E-state index >= 15 is 0 Å². The molecule has 0 saturated carbocycles. The summed E-state index contributed by atoms with van der Waals surface area (Å²) in [7, 11) is -1.95. The van der Waals surface area contributed by atoms with Crippen LogP contribution in [0.2, 0.25) is 5.02 Å². The van der Waals surface area contributed by atoms with Gasteiger partial charge in [0.15, 0.2) is 0 Å². The minimum atomic E-state index is -3.63. The molecule has 0 fully saturated rings. The smallest absolute Gasteiger partial charge is 0.253 e. The van der Waals surface area contributed by atoms with Crippen molar-refractivity contribution in [3.05, 3.63) is 64.7 Å². The van der Waals surface area contributed by atoms with Crippen molar-refractivity contribution in [1.82, 2.24) is 9.62 Å². The highest BCUT2D eigenvalue weighted by Crippen LogP contribution is 2.19. The van der Waals surface area contributed by atoms with E-state index in [1.807, 2.05) is 18.2 Å². The van der Waals surface area contributed by atoms with Gasteiger partial charge in [-0.2, -0.15) is 0 Å². The molecular weight excluding hydrogens is 372 g/mol. The van der Waals surface area contributed by atoms with Crippen LogP contribution in [-0.2, 0) is 16.6 Å². The maximum absolute atomic E-state index is 12.6. The minimum absolute atomic E-state index is 0.123. The van der Waals surface area contributed by atoms with Gasteiger partial charge in [-0.1, -0.05) is 29.8 Å². The third-order valence-corrected chi connectivity index (χ3v) is 5.71. The first-order chi connectivity index (χ1) is 12.0. The van der Waals surface area contributed by atoms with Crippen molar-refractivity contribution in [3.63, 3.8) is 0 Å². The molecule has 0 aliphatic carbocycles. The van der Waals surface area contributed by atoms with Gasteiger partial charge in [0.05, 0.1) is 4.90 Å². The zero-order chi connectivity index (χ0) is 19.5. The highest BCUT2D eigenvalue weighted by molar-refractivity contribution is 7.89. The molecule has 2 aromatic rings. The second kappa shape index (κ2) is 7.78. The summed E-state index contributed by atoms with van der Waals surface area (Å²) in [5, 5.41) is 0.599. The topological polar surface area (TPSA) is 66.5 Å². The third kappa shape index (κ3) is 5.30. The van der Waals surface area contributed by atoms with Crippen LogP contribution in [0.4, 0.5) is 0 Å². The summed E-state index contributed by atoms with van der Waals surface area (Å²) in [6.45, 7) is 5.68. The van der Waals surface area contributed by atoms with Crippen molar-refractivity contribution >= 4 is 27.5 Å². The van der Waals surface area contributed by atoms with Crippen LogP contribution < -0.4 is 4.72 Å². The fourth-order valence-electron chi connectivity index (χ4n) is 2.41. The SMILES string of the molecule is CN(Cc1ccccc1Cl)C(=O)c1ccc(S(=O)(=O)NC(C)(C)C)cc1. The van der Waals surface area contributed by atoms with E-state index < -0.39 is 15.6 Å². The number of hydrogen-bond acceptors (Lipinski definition) is 3. The molecule has 5 nitrogen and oxygen atoms in total. The number of carbonyl (C=O) groups is 1. The lowest BCUT2D eigenvalue weighted by Gasteiger charge is -2.21. The molecule has 0 aromatic heterocycles. The summed E-state index contributed by atoms with van der Waals surface area (Å²) in [5.41, 5.74) is 0.676. The quantitative estimate of drug-likeness (QED) is 0.840. The van der Waals surface area contributed by atoms with Crippen molar-refractivity contribution in [1.29, 1.82) is 0 Å². The van der Waals surface area contributed by atoms with E-state index in [1.54, 1.807) is 33.9 Å². The molecule has 0 bridgehead atoms. The van der Waals surface area contributed by atoms with E-state index in [9.17, 15) is 13.2 Å². The summed E-state index contributed by atoms with van der Waals surface area (Å²) in [4.78, 5) is 14.2. The average Bonchev–Trinajstić information content (AvgIpc) is 2.54. The fraction of sp³-hybridized carbons (Fsp3) is 0.316. The number of nitrogens with one attached hydrogen (secondary N) is 1. The van der Waals surface area contributed by atoms with Gasteiger partial charge in [0.25, 0.3) is 5.91 Å². The molecule has 7 heteroatoms. The predicted molar refractivity (Wildman–Crippen MR) is 104 cm³/mol. The van der Waals surface area contributed by atoms with E-state index in [-0.39, 0.29) is 10.8 Å². The number of rotatable bonds is 5. The number of benzene rings is 2. The Hall–Kier alpha value is -1.89. The van der Waals surface area contributed by atoms with Gasteiger partial charge in [-0.05, 0) is 56.7 Å². The number of nitrogens with zero attached hydrogens (tertiary/aromatic N) is 1. The molecule has 0 atom stereocenters. The van der Waals surface area contributed by atoms with Crippen molar-refractivity contribution in [2.45, 2.75) is 37.8 Å². The lowest BCUT2D eigenvalue weighted by Crippen LogP contribution is -2.40. The second-order valence-corrected chi connectivity index (χ2v) is 9.22. The summed E-state index contributed by atoms with van der Waals surface area (Å²) >= 11 is 6.13. The predicted octanol–water partition coefficient (Wildman–Crippen LogP) is 3.69. The lowest BCUT2D eigenvalue weighted by molar-refractivity contribution is 0.0785. The fourth-order valence-corrected chi connectivity index (χ4v) is 4.03. The maximum atomic E-state index is 12.6. The maximum Gasteiger partial charge on any atom is 0.253 e. The van der Waals surface area contributed by atoms with Crippen molar-refractivity contribution < 1.29 is 13.2 Å². The van der Waals surface area contributed by atoms with E-state index in [4.69, 9.17) is 11.6 Å². The number of halogens is 1. The average molecular weight is 395 g/mol. The number of sulfonamides is 1. The monoisotopic (exact) mass is 394 g/mol. The van der Waals surface area contributed by atoms with Crippen LogP contribution in [0, 0.1) is 0 Å². The number of hydrogen-bond donors (Lipinski definition) is 1. The Morgan fingerprint density at radius 3 is 2.19 bits per heavy atom. The summed E-state index contributed by atoms with van der Waals surface area (Å²) in [6, 6.07) is 13.2. The molecule has 0 radical (unpaired) electrons. The van der Waals surface area contributed by atoms with Gasteiger partial charge < -0.3 is 4.90 Å². The molecule has 0 heterocycles. The van der Waals surface area contributed by atoms with Crippen LogP contribution in [0.1, 0.15) is 36.7 Å². The lowest BCUT2D eigenvalue weighted by atomic mass is 10.1. The van der Waals surface area contributed by atoms with Crippen LogP contribution in [0.25, 0.3) is 0 Å². The van der Waals surface area contributed by atoms with Gasteiger partial charge in [0.1, 0.15) is 0 Å². The van der Waals surface area contributed by atoms with Crippen molar-refractivity contribution in [2.75, 3.05) is 7.05 Å². The molecule has 1 amide bonds. The molecule has 1 N–H and O–H groups in total. The van der Waals surface area contributed by atoms with E-state index in [1.165, 1.54) is 29.2 Å². The summed E-state index contributed by atoms with van der Waals surface area (Å²) < 4.78 is 27.2. The molecular formula is C19H23ClN2O3S. The Labute approximate surface area is 160 Å². The standard InChI is InChI=1S/C19H23ClN2O3S/c1-19(2,3)21-26(24,25)16-11-9-14(10-12-16)18(23)22(4)13-15-7-5-6-8-17(15)20/h5-12,21H,13H2,1-4H3. The molecule has 140 valence electrons. The highest BCUT2D eigenvalue weighted by Gasteiger charge is 2.22. The molecule has 0 aliphatic heterocycles. The zero-order valence-corrected chi connectivity index (χ0v) is 16.9. The third-order valence-electron chi connectivity index (χ3n) is 3.56. The molecule has 26 heavy (non-hydrogen) atoms. The van der Waals surface area contributed by atoms with Crippen LogP contribution in [0.3, 0.4) is 0 Å². The Morgan fingerprint density at radius 2 is 1.65 bits per heavy atom. The first-order valence-electron chi connectivity index (χ1n) is 8.12. The minimum Gasteiger partial charge on any atom is -0.337 e. The van der Waals surface area contributed by atoms with Gasteiger partial charge in [0.2, 0.25) is 10.0 Å². The molecule has 2 rings (SSSR count). The van der Waals surface area contributed by atoms with Crippen molar-refractivity contribution in [3.8, 4) is 0 Å². The largest absolute Gasteiger partial charge is 0.337 e. The number of carbonyl (C=O) groups excluding carboxylic acids is 1. The zero-order valence-electron chi connectivity index (χ0n) is 15.3. The molecule has 0 saturated heterocycles. The van der Waals surface area contributed by atoms with Crippen LogP contribution in [0.5, 0.6) is 0 Å². The van der Waals surface area contributed by atoms with Gasteiger partial charge >= 0.3 is 0 Å². The Balaban J connectivity index is 2.15. The normalized spacial score (nSPS) is 12.0. The Kier molecular flexibility index (Phi) is 6.11. The second-order valence-electron chi connectivity index (χ2n) is 7.13. The Bertz CT molecular complexity index is 888. The number of amides is 1. The van der Waals surface area contributed by atoms with Crippen LogP contribution >= 0.6 is 11.6 Å². The Morgan fingerprint density at radius 1 is 1.08 bits per heavy atom. The van der Waals surface area contributed by atoms with Gasteiger partial charge in [-0.15, -0.1) is 0 Å². The summed E-state index contributed by atoms with van der Waals surface area (Å²) in [5.74, 6) is -0.211. The van der Waals surface area contributed by atoms with E-state index in [0.717, 1.165) is 5.56 Å². The van der Waals surface area contributed by atoms with Gasteiger partial charge in [0, 0.05) is 29.7 Å². The van der Waals surface area contributed by atoms with Crippen LogP contribution in [-0.4, -0.2) is 31.8 Å². The molecule has 2 aromatic carbocycles. The first-order valence-corrected chi connectivity index (χ1v) is 9.99. The van der Waals surface area contributed by atoms with Gasteiger partial charge in [-0.3, -0.25) is 4.79 Å². The molecule has 0 spiro atoms. The van der Waals surface area contributed by atoms with Crippen molar-refractivity contribution in [2.24, 2.45) is 0 Å². The molecule has 0 aliphatic rings. The highest BCUT2D eigenvalue weighted by atomic mass is 35.5. The first kappa shape index (κ1) is 20.4. The van der Waals surface area contributed by atoms with E-state index in [0.29, 0.717) is 17.1 Å². The van der Waals surface area contributed by atoms with Gasteiger partial charge in [-0.25, -0.2) is 13.1 Å². The van der Waals surface area contributed by atoms with E-state index in [2.05, 4.69) is 4.72 Å². The molecule has 0 unspecified atom stereocenters.